The fourth-order valence-electron chi connectivity index (χ4n) is 3.01. The number of hydrogen-bond donors (Lipinski definition) is 2. The molecule has 0 aliphatic rings. The first-order valence-corrected chi connectivity index (χ1v) is 9.67. The molecule has 0 unspecified atom stereocenters. The highest BCUT2D eigenvalue weighted by molar-refractivity contribution is 5.77. The third kappa shape index (κ3) is 5.07. The Bertz CT molecular complexity index is 1000. The first-order valence-electron chi connectivity index (χ1n) is 9.67. The zero-order chi connectivity index (χ0) is 20.8. The van der Waals surface area contributed by atoms with Crippen molar-refractivity contribution in [3.8, 4) is 0 Å². The fraction of sp³-hybridized carbons (Fsp3) is 0.273. The van der Waals surface area contributed by atoms with Crippen LogP contribution in [0.15, 0.2) is 48.8 Å². The van der Waals surface area contributed by atoms with Gasteiger partial charge in [-0.1, -0.05) is 37.6 Å². The number of nitro groups is 1. The maximum atomic E-state index is 11.8. The second-order valence-corrected chi connectivity index (χ2v) is 7.05. The maximum Gasteiger partial charge on any atom is 0.353 e. The molecule has 150 valence electrons. The quantitative estimate of drug-likeness (QED) is 0.370. The van der Waals surface area contributed by atoms with Crippen molar-refractivity contribution in [1.82, 2.24) is 9.97 Å². The van der Waals surface area contributed by atoms with Gasteiger partial charge < -0.3 is 10.6 Å². The van der Waals surface area contributed by atoms with Crippen molar-refractivity contribution in [2.45, 2.75) is 40.0 Å². The van der Waals surface area contributed by atoms with Crippen molar-refractivity contribution in [2.75, 3.05) is 10.6 Å². The molecule has 3 aromatic rings. The Labute approximate surface area is 170 Å². The number of nitrogens with zero attached hydrogens (tertiary/aromatic N) is 3. The predicted molar refractivity (Wildman–Crippen MR) is 116 cm³/mol. The Morgan fingerprint density at radius 1 is 1.00 bits per heavy atom. The molecule has 7 heteroatoms. The molecule has 0 bridgehead atoms. The molecule has 29 heavy (non-hydrogen) atoms. The minimum absolute atomic E-state index is 0.152. The minimum atomic E-state index is -0.467. The van der Waals surface area contributed by atoms with Crippen LogP contribution in [0.3, 0.4) is 0 Å². The first-order chi connectivity index (χ1) is 14.0. The summed E-state index contributed by atoms with van der Waals surface area (Å²) in [5.41, 5.74) is 4.59. The van der Waals surface area contributed by atoms with Gasteiger partial charge in [0.05, 0.1) is 4.92 Å². The average molecular weight is 391 g/mol. The lowest BCUT2D eigenvalue weighted by Gasteiger charge is -2.12. The van der Waals surface area contributed by atoms with Gasteiger partial charge in [-0.2, -0.15) is 0 Å². The van der Waals surface area contributed by atoms with Crippen LogP contribution in [-0.2, 0) is 6.42 Å². The highest BCUT2D eigenvalue weighted by Gasteiger charge is 2.23. The molecule has 0 saturated carbocycles. The van der Waals surface area contributed by atoms with E-state index in [1.165, 1.54) is 11.9 Å². The van der Waals surface area contributed by atoms with Crippen LogP contribution in [0.1, 0.15) is 36.5 Å². The zero-order valence-electron chi connectivity index (χ0n) is 16.9. The Morgan fingerprint density at radius 3 is 2.34 bits per heavy atom. The van der Waals surface area contributed by atoms with Gasteiger partial charge in [0.25, 0.3) is 0 Å². The summed E-state index contributed by atoms with van der Waals surface area (Å²) < 4.78 is 0. The van der Waals surface area contributed by atoms with Crippen LogP contribution in [-0.4, -0.2) is 14.9 Å². The summed E-state index contributed by atoms with van der Waals surface area (Å²) in [7, 11) is 0. The smallest absolute Gasteiger partial charge is 0.334 e. The Kier molecular flexibility index (Phi) is 6.39. The van der Waals surface area contributed by atoms with Gasteiger partial charge in [-0.15, -0.1) is 0 Å². The van der Waals surface area contributed by atoms with E-state index in [9.17, 15) is 10.1 Å². The monoisotopic (exact) mass is 391 g/mol. The molecule has 2 N–H and O–H groups in total. The summed E-state index contributed by atoms with van der Waals surface area (Å²) in [5, 5.41) is 17.9. The SMILES string of the molecule is CCCCc1ccc(Nc2ncnc(Nc3cc(C)ccc3C)c2[N+](=O)[O-])cc1. The molecule has 0 radical (unpaired) electrons. The van der Waals surface area contributed by atoms with Crippen LogP contribution >= 0.6 is 0 Å². The normalized spacial score (nSPS) is 10.6. The lowest BCUT2D eigenvalue weighted by molar-refractivity contribution is -0.383. The van der Waals surface area contributed by atoms with Crippen molar-refractivity contribution in [2.24, 2.45) is 0 Å². The molecule has 1 aromatic heterocycles. The van der Waals surface area contributed by atoms with Gasteiger partial charge in [-0.05, 0) is 61.6 Å². The summed E-state index contributed by atoms with van der Waals surface area (Å²) in [6, 6.07) is 13.8. The van der Waals surface area contributed by atoms with E-state index in [0.717, 1.165) is 41.8 Å². The molecule has 1 heterocycles. The summed E-state index contributed by atoms with van der Waals surface area (Å²) in [5.74, 6) is 0.305. The molecule has 0 atom stereocenters. The largest absolute Gasteiger partial charge is 0.353 e. The number of anilines is 4. The van der Waals surface area contributed by atoms with Gasteiger partial charge in [0.15, 0.2) is 0 Å². The van der Waals surface area contributed by atoms with Gasteiger partial charge in [-0.3, -0.25) is 10.1 Å². The van der Waals surface area contributed by atoms with E-state index >= 15 is 0 Å². The van der Waals surface area contributed by atoms with Gasteiger partial charge >= 0.3 is 5.69 Å². The first kappa shape index (κ1) is 20.3. The molecule has 0 aliphatic carbocycles. The summed E-state index contributed by atoms with van der Waals surface area (Å²) in [6.45, 7) is 6.07. The van der Waals surface area contributed by atoms with E-state index in [1.54, 1.807) is 0 Å². The number of nitrogens with one attached hydrogen (secondary N) is 2. The lowest BCUT2D eigenvalue weighted by Crippen LogP contribution is -2.06. The van der Waals surface area contributed by atoms with Crippen LogP contribution in [0.25, 0.3) is 0 Å². The predicted octanol–water partition coefficient (Wildman–Crippen LogP) is 5.83. The second-order valence-electron chi connectivity index (χ2n) is 7.05. The Morgan fingerprint density at radius 2 is 1.69 bits per heavy atom. The zero-order valence-corrected chi connectivity index (χ0v) is 16.9. The third-order valence-corrected chi connectivity index (χ3v) is 4.69. The highest BCUT2D eigenvalue weighted by atomic mass is 16.6. The summed E-state index contributed by atoms with van der Waals surface area (Å²) in [6.07, 6.45) is 4.62. The standard InChI is InChI=1S/C22H25N5O2/c1-4-5-6-17-9-11-18(12-10-17)25-21-20(27(28)29)22(24-14-23-21)26-19-13-15(2)7-8-16(19)3/h7-14H,4-6H2,1-3H3,(H2,23,24,25,26). The van der Waals surface area contributed by atoms with E-state index < -0.39 is 4.92 Å². The molecule has 0 aliphatic heterocycles. The molecule has 7 nitrogen and oxygen atoms in total. The van der Waals surface area contributed by atoms with Crippen molar-refractivity contribution >= 4 is 28.7 Å². The van der Waals surface area contributed by atoms with Crippen LogP contribution in [0.2, 0.25) is 0 Å². The number of hydrogen-bond acceptors (Lipinski definition) is 6. The van der Waals surface area contributed by atoms with Crippen molar-refractivity contribution in [3.63, 3.8) is 0 Å². The van der Waals surface area contributed by atoms with Crippen LogP contribution in [0.4, 0.5) is 28.7 Å². The van der Waals surface area contributed by atoms with Crippen molar-refractivity contribution in [1.29, 1.82) is 0 Å². The van der Waals surface area contributed by atoms with E-state index in [1.807, 2.05) is 56.3 Å². The number of rotatable bonds is 8. The van der Waals surface area contributed by atoms with Crippen LogP contribution < -0.4 is 10.6 Å². The number of aromatic nitrogens is 2. The molecule has 2 aromatic carbocycles. The maximum absolute atomic E-state index is 11.8. The van der Waals surface area contributed by atoms with Gasteiger partial charge in [-0.25, -0.2) is 9.97 Å². The van der Waals surface area contributed by atoms with Gasteiger partial charge in [0, 0.05) is 11.4 Å². The molecule has 0 fully saturated rings. The second kappa shape index (κ2) is 9.14. The topological polar surface area (TPSA) is 93.0 Å². The summed E-state index contributed by atoms with van der Waals surface area (Å²) >= 11 is 0. The summed E-state index contributed by atoms with van der Waals surface area (Å²) in [4.78, 5) is 19.5. The van der Waals surface area contributed by atoms with E-state index in [4.69, 9.17) is 0 Å². The van der Waals surface area contributed by atoms with E-state index in [0.29, 0.717) is 0 Å². The third-order valence-electron chi connectivity index (χ3n) is 4.69. The fourth-order valence-corrected chi connectivity index (χ4v) is 3.01. The van der Waals surface area contributed by atoms with E-state index in [2.05, 4.69) is 27.5 Å². The molecule has 0 saturated heterocycles. The number of benzene rings is 2. The van der Waals surface area contributed by atoms with Crippen molar-refractivity contribution in [3.05, 3.63) is 75.6 Å². The average Bonchev–Trinajstić information content (AvgIpc) is 2.70. The highest BCUT2D eigenvalue weighted by Crippen LogP contribution is 2.33. The Hall–Kier alpha value is -3.48. The lowest BCUT2D eigenvalue weighted by atomic mass is 10.1. The molecule has 0 amide bonds. The minimum Gasteiger partial charge on any atom is -0.334 e. The van der Waals surface area contributed by atoms with Gasteiger partial charge in [0.2, 0.25) is 11.6 Å². The molecule has 3 rings (SSSR count). The molecule has 0 spiro atoms. The van der Waals surface area contributed by atoms with Crippen LogP contribution in [0.5, 0.6) is 0 Å². The Balaban J connectivity index is 1.89. The van der Waals surface area contributed by atoms with Crippen molar-refractivity contribution < 1.29 is 4.92 Å². The molecular weight excluding hydrogens is 366 g/mol. The van der Waals surface area contributed by atoms with Gasteiger partial charge in [0.1, 0.15) is 6.33 Å². The number of unbranched alkanes of at least 4 members (excludes halogenated alkanes) is 1. The number of aryl methyl sites for hydroxylation is 3. The van der Waals surface area contributed by atoms with E-state index in [-0.39, 0.29) is 17.3 Å². The molecular formula is C22H25N5O2. The van der Waals surface area contributed by atoms with Crippen LogP contribution in [0, 0.1) is 24.0 Å².